The molecule has 0 aromatic heterocycles. The molecule has 4 amide bonds. The van der Waals surface area contributed by atoms with Gasteiger partial charge in [-0.15, -0.1) is 0 Å². The molecule has 0 radical (unpaired) electrons. The molecule has 3 aromatic carbocycles. The van der Waals surface area contributed by atoms with E-state index in [0.717, 1.165) is 12.1 Å². The molecular weight excluding hydrogens is 720 g/mol. The summed E-state index contributed by atoms with van der Waals surface area (Å²) in [4.78, 5) is 69.4. The lowest BCUT2D eigenvalue weighted by Crippen LogP contribution is -2.46. The minimum Gasteiger partial charge on any atom is -0.404 e. The van der Waals surface area contributed by atoms with Gasteiger partial charge < -0.3 is 30.7 Å². The Kier molecular flexibility index (Phi) is 17.7. The number of phosphoric ester groups is 1. The molecule has 54 heavy (non-hydrogen) atoms. The molecule has 6 N–H and O–H groups in total. The minimum atomic E-state index is -4.93. The number of alkyl halides is 1. The van der Waals surface area contributed by atoms with Crippen LogP contribution in [0, 0.1) is 0 Å². The number of benzene rings is 3. The standard InChI is InChI=1S/C37H49FN7O8P/c1-26(46)42-32(13-8-11-25-39-35(47)27-15-17-28(18-16-27)43-44-29-19-21-30(22-20-29)45(2)3)36(48)40-23-9-4-5-10-24-41-37(49)34(38)31-12-6-7-14-33(31)53-54(50,51)52/h6-7,12,14-22,32,34H,4-5,8-11,13,23-25H2,1-3H3,(H,39,47)(H,40,48)(H,41,49)(H,42,46)(H2,50,51,52)/b44-43+. The number of anilines is 1. The molecule has 0 bridgehead atoms. The van der Waals surface area contributed by atoms with Crippen molar-refractivity contribution in [1.82, 2.24) is 21.3 Å². The predicted octanol–water partition coefficient (Wildman–Crippen LogP) is 5.55. The first-order valence-corrected chi connectivity index (χ1v) is 19.1. The predicted molar refractivity (Wildman–Crippen MR) is 203 cm³/mol. The van der Waals surface area contributed by atoms with Gasteiger partial charge in [0.15, 0.2) is 0 Å². The second-order valence-corrected chi connectivity index (χ2v) is 13.8. The van der Waals surface area contributed by atoms with Gasteiger partial charge >= 0.3 is 7.82 Å². The summed E-state index contributed by atoms with van der Waals surface area (Å²) in [7, 11) is -1.01. The topological polar surface area (TPSA) is 211 Å². The molecule has 0 saturated carbocycles. The Labute approximate surface area is 314 Å². The van der Waals surface area contributed by atoms with Crippen molar-refractivity contribution in [2.75, 3.05) is 38.6 Å². The Bertz CT molecular complexity index is 1750. The number of nitrogens with zero attached hydrogens (tertiary/aromatic N) is 3. The van der Waals surface area contributed by atoms with Gasteiger partial charge in [-0.2, -0.15) is 10.2 Å². The third-order valence-electron chi connectivity index (χ3n) is 8.02. The van der Waals surface area contributed by atoms with Crippen LogP contribution in [-0.2, 0) is 18.9 Å². The normalized spacial score (nSPS) is 12.4. The average Bonchev–Trinajstić information content (AvgIpc) is 3.13. The van der Waals surface area contributed by atoms with Gasteiger partial charge in [0, 0.05) is 57.5 Å². The maximum Gasteiger partial charge on any atom is 0.524 e. The van der Waals surface area contributed by atoms with E-state index in [4.69, 9.17) is 9.79 Å². The SMILES string of the molecule is CC(=O)NC(CCCCNC(=O)c1ccc(/N=N/c2ccc(N(C)C)cc2)cc1)C(=O)NCCCCCCNC(=O)C(F)c1ccccc1OP(=O)(O)O. The highest BCUT2D eigenvalue weighted by Gasteiger charge is 2.26. The van der Waals surface area contributed by atoms with Crippen molar-refractivity contribution in [3.05, 3.63) is 83.9 Å². The van der Waals surface area contributed by atoms with E-state index in [-0.39, 0.29) is 29.8 Å². The number of hydrogen-bond acceptors (Lipinski definition) is 9. The Morgan fingerprint density at radius 2 is 1.30 bits per heavy atom. The van der Waals surface area contributed by atoms with E-state index in [1.807, 2.05) is 43.3 Å². The smallest absolute Gasteiger partial charge is 0.404 e. The fourth-order valence-electron chi connectivity index (χ4n) is 5.19. The number of carbonyl (C=O) groups excluding carboxylic acids is 4. The molecule has 0 heterocycles. The van der Waals surface area contributed by atoms with Crippen LogP contribution in [-0.4, -0.2) is 73.2 Å². The highest BCUT2D eigenvalue weighted by Crippen LogP contribution is 2.41. The molecule has 2 unspecified atom stereocenters. The summed E-state index contributed by atoms with van der Waals surface area (Å²) in [6.07, 6.45) is 2.00. The molecular formula is C37H49FN7O8P. The second kappa shape index (κ2) is 22.1. The molecule has 2 atom stereocenters. The molecule has 0 saturated heterocycles. The molecule has 0 aliphatic rings. The molecule has 3 aromatic rings. The van der Waals surface area contributed by atoms with Crippen molar-refractivity contribution in [2.24, 2.45) is 10.2 Å². The number of unbranched alkanes of at least 4 members (excludes halogenated alkanes) is 4. The maximum atomic E-state index is 14.7. The summed E-state index contributed by atoms with van der Waals surface area (Å²) < 4.78 is 30.4. The zero-order valence-corrected chi connectivity index (χ0v) is 31.6. The summed E-state index contributed by atoms with van der Waals surface area (Å²) in [6, 6.07) is 18.9. The Balaban J connectivity index is 1.29. The van der Waals surface area contributed by atoms with E-state index in [0.29, 0.717) is 68.6 Å². The van der Waals surface area contributed by atoms with Gasteiger partial charge in [-0.3, -0.25) is 29.0 Å². The number of azo groups is 1. The first-order valence-electron chi connectivity index (χ1n) is 17.6. The van der Waals surface area contributed by atoms with Crippen LogP contribution in [0.4, 0.5) is 21.5 Å². The number of amides is 4. The van der Waals surface area contributed by atoms with Gasteiger partial charge in [0.25, 0.3) is 11.8 Å². The van der Waals surface area contributed by atoms with Crippen molar-refractivity contribution in [2.45, 2.75) is 64.1 Å². The zero-order chi connectivity index (χ0) is 39.5. The Morgan fingerprint density at radius 1 is 0.759 bits per heavy atom. The van der Waals surface area contributed by atoms with Crippen LogP contribution >= 0.6 is 7.82 Å². The first-order chi connectivity index (χ1) is 25.7. The van der Waals surface area contributed by atoms with Crippen molar-refractivity contribution < 1.29 is 42.4 Å². The van der Waals surface area contributed by atoms with Gasteiger partial charge in [-0.05, 0) is 86.7 Å². The fourth-order valence-corrected chi connectivity index (χ4v) is 5.61. The molecule has 0 fully saturated rings. The van der Waals surface area contributed by atoms with Crippen LogP contribution in [0.15, 0.2) is 83.0 Å². The van der Waals surface area contributed by atoms with E-state index in [1.165, 1.54) is 31.2 Å². The lowest BCUT2D eigenvalue weighted by atomic mass is 10.1. The van der Waals surface area contributed by atoms with Crippen molar-refractivity contribution >= 4 is 48.5 Å². The van der Waals surface area contributed by atoms with Crippen LogP contribution in [0.3, 0.4) is 0 Å². The number of nitrogens with one attached hydrogen (secondary N) is 4. The van der Waals surface area contributed by atoms with E-state index >= 15 is 0 Å². The highest BCUT2D eigenvalue weighted by atomic mass is 31.2. The lowest BCUT2D eigenvalue weighted by Gasteiger charge is -2.17. The number of hydrogen-bond donors (Lipinski definition) is 6. The third kappa shape index (κ3) is 15.8. The minimum absolute atomic E-state index is 0.185. The van der Waals surface area contributed by atoms with Crippen LogP contribution < -0.4 is 30.7 Å². The average molecular weight is 770 g/mol. The molecule has 292 valence electrons. The lowest BCUT2D eigenvalue weighted by molar-refractivity contribution is -0.128. The molecule has 3 rings (SSSR count). The van der Waals surface area contributed by atoms with Crippen molar-refractivity contribution in [3.63, 3.8) is 0 Å². The van der Waals surface area contributed by atoms with Crippen molar-refractivity contribution in [3.8, 4) is 5.75 Å². The summed E-state index contributed by atoms with van der Waals surface area (Å²) >= 11 is 0. The van der Waals surface area contributed by atoms with E-state index in [2.05, 4.69) is 36.0 Å². The van der Waals surface area contributed by atoms with Gasteiger partial charge in [0.1, 0.15) is 11.8 Å². The van der Waals surface area contributed by atoms with E-state index in [9.17, 15) is 28.1 Å². The van der Waals surface area contributed by atoms with E-state index in [1.54, 1.807) is 24.3 Å². The highest BCUT2D eigenvalue weighted by molar-refractivity contribution is 7.46. The second-order valence-electron chi connectivity index (χ2n) is 12.6. The fraction of sp³-hybridized carbons (Fsp3) is 0.405. The number of halogens is 1. The molecule has 15 nitrogen and oxygen atoms in total. The van der Waals surface area contributed by atoms with Crippen LogP contribution in [0.25, 0.3) is 0 Å². The van der Waals surface area contributed by atoms with Crippen LogP contribution in [0.2, 0.25) is 0 Å². The summed E-state index contributed by atoms with van der Waals surface area (Å²) in [6.45, 7) is 2.30. The number of para-hydroxylation sites is 1. The summed E-state index contributed by atoms with van der Waals surface area (Å²) in [5, 5.41) is 19.3. The zero-order valence-electron chi connectivity index (χ0n) is 30.7. The summed E-state index contributed by atoms with van der Waals surface area (Å²) in [5.74, 6) is -2.24. The van der Waals surface area contributed by atoms with Gasteiger partial charge in [-0.25, -0.2) is 8.96 Å². The quantitative estimate of drug-likeness (QED) is 0.0429. The molecule has 0 spiro atoms. The van der Waals surface area contributed by atoms with E-state index < -0.39 is 31.7 Å². The Hall–Kier alpha value is -5.18. The van der Waals surface area contributed by atoms with Crippen LogP contribution in [0.5, 0.6) is 5.75 Å². The molecule has 0 aliphatic carbocycles. The third-order valence-corrected chi connectivity index (χ3v) is 8.45. The largest absolute Gasteiger partial charge is 0.524 e. The summed E-state index contributed by atoms with van der Waals surface area (Å²) in [5.41, 5.74) is 2.57. The van der Waals surface area contributed by atoms with Crippen molar-refractivity contribution in [1.29, 1.82) is 0 Å². The number of carbonyl (C=O) groups is 4. The number of rotatable bonds is 22. The van der Waals surface area contributed by atoms with Gasteiger partial charge in [-0.1, -0.05) is 31.0 Å². The maximum absolute atomic E-state index is 14.7. The number of phosphoric acid groups is 1. The van der Waals surface area contributed by atoms with Crippen LogP contribution in [0.1, 0.15) is 74.0 Å². The van der Waals surface area contributed by atoms with Gasteiger partial charge in [0.2, 0.25) is 18.0 Å². The first kappa shape index (κ1) is 43.2. The monoisotopic (exact) mass is 769 g/mol. The molecule has 17 heteroatoms. The molecule has 0 aliphatic heterocycles. The van der Waals surface area contributed by atoms with Gasteiger partial charge in [0.05, 0.1) is 11.4 Å². The Morgan fingerprint density at radius 3 is 1.87 bits per heavy atom.